The van der Waals surface area contributed by atoms with E-state index >= 15 is 0 Å². The lowest BCUT2D eigenvalue weighted by molar-refractivity contribution is 0.0921. The van der Waals surface area contributed by atoms with Gasteiger partial charge in [0.25, 0.3) is 5.91 Å². The average molecular weight is 309 g/mol. The van der Waals surface area contributed by atoms with Crippen LogP contribution in [-0.4, -0.2) is 12.5 Å². The van der Waals surface area contributed by atoms with Crippen LogP contribution in [0.25, 0.3) is 0 Å². The van der Waals surface area contributed by atoms with Gasteiger partial charge in [-0.15, -0.1) is 0 Å². The molecule has 0 unspecified atom stereocenters. The van der Waals surface area contributed by atoms with Crippen LogP contribution in [-0.2, 0) is 6.61 Å². The number of benzene rings is 1. The van der Waals surface area contributed by atoms with Gasteiger partial charge in [0.05, 0.1) is 0 Å². The van der Waals surface area contributed by atoms with Crippen molar-refractivity contribution in [1.82, 2.24) is 5.32 Å². The van der Waals surface area contributed by atoms with Gasteiger partial charge in [-0.1, -0.05) is 13.3 Å². The number of hydrogen-bond donors (Lipinski definition) is 1. The molecule has 22 heavy (non-hydrogen) atoms. The lowest BCUT2D eigenvalue weighted by Crippen LogP contribution is -2.23. The zero-order chi connectivity index (χ0) is 15.9. The minimum absolute atomic E-state index is 0.0508. The fourth-order valence-electron chi connectivity index (χ4n) is 1.78. The zero-order valence-electron chi connectivity index (χ0n) is 12.2. The summed E-state index contributed by atoms with van der Waals surface area (Å²) < 4.78 is 36.7. The Morgan fingerprint density at radius 2 is 2.09 bits per heavy atom. The first-order valence-electron chi connectivity index (χ1n) is 7.05. The first-order valence-corrected chi connectivity index (χ1v) is 7.05. The van der Waals surface area contributed by atoms with E-state index in [1.807, 2.05) is 6.92 Å². The zero-order valence-corrected chi connectivity index (χ0v) is 12.2. The molecule has 0 aliphatic heterocycles. The summed E-state index contributed by atoms with van der Waals surface area (Å²) in [6, 6.07) is 6.15. The number of carbonyl (C=O) groups excluding carboxylic acids is 1. The second kappa shape index (κ2) is 7.59. The summed E-state index contributed by atoms with van der Waals surface area (Å²) in [6.45, 7) is 2.57. The minimum Gasteiger partial charge on any atom is -0.483 e. The van der Waals surface area contributed by atoms with Crippen LogP contribution in [0.1, 0.15) is 36.1 Å². The molecule has 0 fully saturated rings. The molecule has 1 N–H and O–H groups in total. The number of nitrogens with one attached hydrogen (secondary N) is 1. The highest BCUT2D eigenvalue weighted by Gasteiger charge is 2.12. The van der Waals surface area contributed by atoms with Crippen LogP contribution >= 0.6 is 0 Å². The molecule has 0 saturated carbocycles. The van der Waals surface area contributed by atoms with E-state index in [0.29, 0.717) is 12.3 Å². The minimum atomic E-state index is -0.788. The van der Waals surface area contributed by atoms with Gasteiger partial charge < -0.3 is 14.5 Å². The Hall–Kier alpha value is -2.37. The van der Waals surface area contributed by atoms with Crippen molar-refractivity contribution in [3.8, 4) is 5.75 Å². The lowest BCUT2D eigenvalue weighted by atomic mass is 10.3. The standard InChI is InChI=1S/C16H17F2NO3/c1-2-3-8-19-16(20)15-7-5-12(22-15)10-21-14-6-4-11(17)9-13(14)18/h4-7,9H,2-3,8,10H2,1H3,(H,19,20). The Bertz CT molecular complexity index is 640. The Morgan fingerprint density at radius 3 is 2.82 bits per heavy atom. The number of furan rings is 1. The fraction of sp³-hybridized carbons (Fsp3) is 0.312. The number of ether oxygens (including phenoxy) is 1. The Morgan fingerprint density at radius 1 is 1.27 bits per heavy atom. The number of unbranched alkanes of at least 4 members (excludes halogenated alkanes) is 1. The van der Waals surface area contributed by atoms with E-state index in [9.17, 15) is 13.6 Å². The van der Waals surface area contributed by atoms with Crippen molar-refractivity contribution < 1.29 is 22.7 Å². The van der Waals surface area contributed by atoms with Gasteiger partial charge in [-0.3, -0.25) is 4.79 Å². The van der Waals surface area contributed by atoms with Crippen molar-refractivity contribution in [2.45, 2.75) is 26.4 Å². The van der Waals surface area contributed by atoms with Gasteiger partial charge in [-0.25, -0.2) is 8.78 Å². The van der Waals surface area contributed by atoms with Crippen molar-refractivity contribution in [2.75, 3.05) is 6.54 Å². The average Bonchev–Trinajstić information content (AvgIpc) is 2.95. The topological polar surface area (TPSA) is 51.5 Å². The van der Waals surface area contributed by atoms with Gasteiger partial charge in [0.2, 0.25) is 0 Å². The third-order valence-corrected chi connectivity index (χ3v) is 2.97. The number of rotatable bonds is 7. The molecular weight excluding hydrogens is 292 g/mol. The summed E-state index contributed by atoms with van der Waals surface area (Å²) in [5.74, 6) is -1.28. The molecule has 2 rings (SSSR count). The Labute approximate surface area is 127 Å². The van der Waals surface area contributed by atoms with E-state index in [4.69, 9.17) is 9.15 Å². The first kappa shape index (κ1) is 16.0. The van der Waals surface area contributed by atoms with E-state index < -0.39 is 11.6 Å². The van der Waals surface area contributed by atoms with Crippen LogP contribution in [0.2, 0.25) is 0 Å². The molecule has 0 aliphatic rings. The number of halogens is 2. The molecule has 1 aromatic carbocycles. The maximum Gasteiger partial charge on any atom is 0.286 e. The molecule has 0 radical (unpaired) electrons. The third-order valence-electron chi connectivity index (χ3n) is 2.97. The quantitative estimate of drug-likeness (QED) is 0.794. The summed E-state index contributed by atoms with van der Waals surface area (Å²) in [7, 11) is 0. The van der Waals surface area contributed by atoms with Crippen LogP contribution in [0.5, 0.6) is 5.75 Å². The second-order valence-electron chi connectivity index (χ2n) is 4.74. The molecule has 0 atom stereocenters. The van der Waals surface area contributed by atoms with Crippen molar-refractivity contribution >= 4 is 5.91 Å². The van der Waals surface area contributed by atoms with Crippen molar-refractivity contribution in [3.05, 3.63) is 53.5 Å². The van der Waals surface area contributed by atoms with Gasteiger partial charge in [-0.2, -0.15) is 0 Å². The monoisotopic (exact) mass is 309 g/mol. The van der Waals surface area contributed by atoms with Crippen LogP contribution in [0.3, 0.4) is 0 Å². The first-order chi connectivity index (χ1) is 10.6. The molecule has 4 nitrogen and oxygen atoms in total. The molecule has 0 aliphatic carbocycles. The number of hydrogen-bond acceptors (Lipinski definition) is 3. The van der Waals surface area contributed by atoms with E-state index in [1.54, 1.807) is 6.07 Å². The maximum atomic E-state index is 13.4. The third kappa shape index (κ3) is 4.31. The van der Waals surface area contributed by atoms with Gasteiger partial charge in [0.15, 0.2) is 17.3 Å². The lowest BCUT2D eigenvalue weighted by Gasteiger charge is -2.05. The summed E-state index contributed by atoms with van der Waals surface area (Å²) in [6.07, 6.45) is 1.88. The van der Waals surface area contributed by atoms with E-state index in [1.165, 1.54) is 12.1 Å². The van der Waals surface area contributed by atoms with Gasteiger partial charge in [-0.05, 0) is 30.7 Å². The fourth-order valence-corrected chi connectivity index (χ4v) is 1.78. The van der Waals surface area contributed by atoms with Crippen LogP contribution in [0.4, 0.5) is 8.78 Å². The molecule has 1 amide bonds. The molecule has 0 saturated heterocycles. The summed E-state index contributed by atoms with van der Waals surface area (Å²) >= 11 is 0. The largest absolute Gasteiger partial charge is 0.483 e. The highest BCUT2D eigenvalue weighted by Crippen LogP contribution is 2.19. The maximum absolute atomic E-state index is 13.4. The van der Waals surface area contributed by atoms with Crippen LogP contribution in [0, 0.1) is 11.6 Å². The molecule has 0 bridgehead atoms. The molecule has 118 valence electrons. The van der Waals surface area contributed by atoms with Crippen LogP contribution in [0.15, 0.2) is 34.7 Å². The molecule has 1 aromatic heterocycles. The normalized spacial score (nSPS) is 10.5. The molecule has 1 heterocycles. The molecule has 6 heteroatoms. The van der Waals surface area contributed by atoms with Crippen molar-refractivity contribution in [3.63, 3.8) is 0 Å². The molecule has 2 aromatic rings. The van der Waals surface area contributed by atoms with E-state index in [2.05, 4.69) is 5.32 Å². The van der Waals surface area contributed by atoms with E-state index in [-0.39, 0.29) is 24.0 Å². The Balaban J connectivity index is 1.90. The highest BCUT2D eigenvalue weighted by atomic mass is 19.1. The predicted octanol–water partition coefficient (Wildman–Crippen LogP) is 3.67. The molecular formula is C16H17F2NO3. The van der Waals surface area contributed by atoms with Gasteiger partial charge >= 0.3 is 0 Å². The molecule has 0 spiro atoms. The van der Waals surface area contributed by atoms with Gasteiger partial charge in [0, 0.05) is 12.6 Å². The second-order valence-corrected chi connectivity index (χ2v) is 4.74. The van der Waals surface area contributed by atoms with E-state index in [0.717, 1.165) is 25.0 Å². The van der Waals surface area contributed by atoms with Gasteiger partial charge in [0.1, 0.15) is 18.2 Å². The van der Waals surface area contributed by atoms with Crippen LogP contribution < -0.4 is 10.1 Å². The number of carbonyl (C=O) groups is 1. The Kier molecular flexibility index (Phi) is 5.52. The summed E-state index contributed by atoms with van der Waals surface area (Å²) in [4.78, 5) is 11.8. The summed E-state index contributed by atoms with van der Waals surface area (Å²) in [5.41, 5.74) is 0. The predicted molar refractivity (Wildman–Crippen MR) is 76.6 cm³/mol. The van der Waals surface area contributed by atoms with Crippen molar-refractivity contribution in [2.24, 2.45) is 0 Å². The SMILES string of the molecule is CCCCNC(=O)c1ccc(COc2ccc(F)cc2F)o1. The summed E-state index contributed by atoms with van der Waals surface area (Å²) in [5, 5.41) is 2.73. The highest BCUT2D eigenvalue weighted by molar-refractivity contribution is 5.91. The number of amides is 1. The van der Waals surface area contributed by atoms with Crippen molar-refractivity contribution in [1.29, 1.82) is 0 Å². The smallest absolute Gasteiger partial charge is 0.286 e.